The molecule has 0 aliphatic carbocycles. The van der Waals surface area contributed by atoms with Crippen LogP contribution in [-0.4, -0.2) is 75.6 Å². The molecule has 6 rings (SSSR count). The lowest BCUT2D eigenvalue weighted by Crippen LogP contribution is -2.42. The minimum atomic E-state index is -0.462. The molecule has 1 saturated heterocycles. The van der Waals surface area contributed by atoms with Crippen LogP contribution < -0.4 is 15.5 Å². The van der Waals surface area contributed by atoms with Crippen LogP contribution in [0.2, 0.25) is 0 Å². The fourth-order valence-corrected chi connectivity index (χ4v) is 5.68. The SMILES string of the molecule is COC(=O)c1ccc2c(c1)NC(=O)/C2=C(\Nc1ccc2c(c1)CCN2CC(=O)CN1CCOCC1)c1ccccc1. The van der Waals surface area contributed by atoms with E-state index in [2.05, 4.69) is 26.5 Å². The van der Waals surface area contributed by atoms with Gasteiger partial charge in [-0.05, 0) is 47.9 Å². The minimum Gasteiger partial charge on any atom is -0.465 e. The molecule has 0 radical (unpaired) electrons. The third-order valence-electron chi connectivity index (χ3n) is 7.71. The van der Waals surface area contributed by atoms with Crippen molar-refractivity contribution in [3.63, 3.8) is 0 Å². The summed E-state index contributed by atoms with van der Waals surface area (Å²) in [6.07, 6.45) is 0.840. The van der Waals surface area contributed by atoms with Gasteiger partial charge in [0.05, 0.1) is 55.9 Å². The van der Waals surface area contributed by atoms with Crippen molar-refractivity contribution in [1.29, 1.82) is 0 Å². The van der Waals surface area contributed by atoms with Crippen LogP contribution in [0.1, 0.15) is 27.0 Å². The molecule has 3 aliphatic rings. The van der Waals surface area contributed by atoms with Gasteiger partial charge in [-0.1, -0.05) is 36.4 Å². The van der Waals surface area contributed by atoms with Gasteiger partial charge < -0.3 is 25.0 Å². The van der Waals surface area contributed by atoms with Crippen molar-refractivity contribution in [2.24, 2.45) is 0 Å². The van der Waals surface area contributed by atoms with Crippen LogP contribution in [0.5, 0.6) is 0 Å². The van der Waals surface area contributed by atoms with Gasteiger partial charge in [0.1, 0.15) is 0 Å². The van der Waals surface area contributed by atoms with Crippen molar-refractivity contribution in [2.45, 2.75) is 6.42 Å². The molecule has 3 aliphatic heterocycles. The van der Waals surface area contributed by atoms with E-state index < -0.39 is 5.97 Å². The average molecular weight is 553 g/mol. The van der Waals surface area contributed by atoms with Crippen LogP contribution >= 0.6 is 0 Å². The van der Waals surface area contributed by atoms with Crippen molar-refractivity contribution < 1.29 is 23.9 Å². The standard InChI is InChI=1S/C32H32N4O5/c1-40-32(39)23-7-9-26-27(18-23)34-31(38)29(26)30(21-5-3-2-4-6-21)33-24-8-10-28-22(17-24)11-12-36(28)20-25(37)19-35-13-15-41-16-14-35/h2-10,17-18,33H,11-16,19-20H2,1H3,(H,34,38)/b30-29-. The molecule has 0 aromatic heterocycles. The van der Waals surface area contributed by atoms with Gasteiger partial charge in [-0.3, -0.25) is 14.5 Å². The molecule has 9 heteroatoms. The third-order valence-corrected chi connectivity index (χ3v) is 7.71. The number of rotatable bonds is 8. The minimum absolute atomic E-state index is 0.208. The zero-order chi connectivity index (χ0) is 28.3. The predicted octanol–water partition coefficient (Wildman–Crippen LogP) is 3.67. The number of nitrogens with one attached hydrogen (secondary N) is 2. The second kappa shape index (κ2) is 11.6. The predicted molar refractivity (Wildman–Crippen MR) is 158 cm³/mol. The first kappa shape index (κ1) is 26.7. The summed E-state index contributed by atoms with van der Waals surface area (Å²) in [5.74, 6) is -0.505. The van der Waals surface area contributed by atoms with E-state index in [0.29, 0.717) is 54.4 Å². The number of amides is 1. The molecule has 0 unspecified atom stereocenters. The van der Waals surface area contributed by atoms with E-state index in [9.17, 15) is 14.4 Å². The zero-order valence-corrected chi connectivity index (χ0v) is 22.9. The van der Waals surface area contributed by atoms with E-state index in [4.69, 9.17) is 9.47 Å². The summed E-state index contributed by atoms with van der Waals surface area (Å²) in [6.45, 7) is 4.58. The molecule has 0 atom stereocenters. The normalized spacial score (nSPS) is 17.5. The summed E-state index contributed by atoms with van der Waals surface area (Å²) in [7, 11) is 1.33. The first-order valence-corrected chi connectivity index (χ1v) is 13.8. The molecule has 0 spiro atoms. The molecule has 1 amide bonds. The quantitative estimate of drug-likeness (QED) is 0.323. The van der Waals surface area contributed by atoms with Crippen molar-refractivity contribution in [1.82, 2.24) is 4.90 Å². The maximum atomic E-state index is 13.3. The molecule has 210 valence electrons. The Morgan fingerprint density at radius 2 is 1.76 bits per heavy atom. The Bertz CT molecular complexity index is 1530. The maximum Gasteiger partial charge on any atom is 0.337 e. The highest BCUT2D eigenvalue weighted by atomic mass is 16.5. The Morgan fingerprint density at radius 1 is 0.951 bits per heavy atom. The van der Waals surface area contributed by atoms with Crippen molar-refractivity contribution in [3.8, 4) is 0 Å². The van der Waals surface area contributed by atoms with Gasteiger partial charge in [0.2, 0.25) is 0 Å². The maximum absolute atomic E-state index is 13.3. The van der Waals surface area contributed by atoms with Crippen molar-refractivity contribution in [3.05, 3.63) is 89.0 Å². The highest BCUT2D eigenvalue weighted by Gasteiger charge is 2.30. The highest BCUT2D eigenvalue weighted by molar-refractivity contribution is 6.37. The smallest absolute Gasteiger partial charge is 0.337 e. The Balaban J connectivity index is 1.27. The van der Waals surface area contributed by atoms with Gasteiger partial charge in [0.25, 0.3) is 5.91 Å². The van der Waals surface area contributed by atoms with Gasteiger partial charge in [-0.25, -0.2) is 4.79 Å². The number of hydrogen-bond donors (Lipinski definition) is 2. The number of morpholine rings is 1. The summed E-state index contributed by atoms with van der Waals surface area (Å²) in [6, 6.07) is 20.9. The number of ketones is 1. The summed E-state index contributed by atoms with van der Waals surface area (Å²) in [5, 5.41) is 6.42. The molecule has 0 saturated carbocycles. The molecule has 1 fully saturated rings. The molecule has 3 aromatic carbocycles. The number of esters is 1. The van der Waals surface area contributed by atoms with Crippen LogP contribution in [0.25, 0.3) is 11.3 Å². The highest BCUT2D eigenvalue weighted by Crippen LogP contribution is 2.39. The molecule has 3 heterocycles. The Morgan fingerprint density at radius 3 is 2.54 bits per heavy atom. The molecule has 2 N–H and O–H groups in total. The van der Waals surface area contributed by atoms with Crippen LogP contribution in [0.15, 0.2) is 66.7 Å². The van der Waals surface area contributed by atoms with Crippen LogP contribution in [0.3, 0.4) is 0 Å². The van der Waals surface area contributed by atoms with E-state index in [-0.39, 0.29) is 11.7 Å². The number of anilines is 3. The number of benzene rings is 3. The van der Waals surface area contributed by atoms with Crippen molar-refractivity contribution in [2.75, 3.05) is 68.6 Å². The second-order valence-corrected chi connectivity index (χ2v) is 10.4. The number of hydrogen-bond acceptors (Lipinski definition) is 8. The number of ether oxygens (including phenoxy) is 2. The second-order valence-electron chi connectivity index (χ2n) is 10.4. The number of carbonyl (C=O) groups is 3. The van der Waals surface area contributed by atoms with Gasteiger partial charge in [-0.15, -0.1) is 0 Å². The summed E-state index contributed by atoms with van der Waals surface area (Å²) >= 11 is 0. The average Bonchev–Trinajstić information content (AvgIpc) is 3.55. The first-order valence-electron chi connectivity index (χ1n) is 13.8. The lowest BCUT2D eigenvalue weighted by molar-refractivity contribution is -0.120. The topological polar surface area (TPSA) is 100 Å². The Labute approximate surface area is 238 Å². The Kier molecular flexibility index (Phi) is 7.54. The van der Waals surface area contributed by atoms with Crippen molar-refractivity contribution >= 4 is 46.0 Å². The van der Waals surface area contributed by atoms with E-state index in [0.717, 1.165) is 48.6 Å². The van der Waals surface area contributed by atoms with Gasteiger partial charge in [0.15, 0.2) is 5.78 Å². The van der Waals surface area contributed by atoms with Crippen LogP contribution in [0, 0.1) is 0 Å². The van der Waals surface area contributed by atoms with E-state index in [1.807, 2.05) is 42.5 Å². The molecule has 3 aromatic rings. The number of fused-ring (bicyclic) bond motifs is 2. The molecule has 0 bridgehead atoms. The fraction of sp³-hybridized carbons (Fsp3) is 0.281. The molecular formula is C32H32N4O5. The monoisotopic (exact) mass is 552 g/mol. The summed E-state index contributed by atoms with van der Waals surface area (Å²) < 4.78 is 10.2. The number of nitrogens with zero attached hydrogens (tertiary/aromatic N) is 2. The van der Waals surface area contributed by atoms with E-state index in [1.165, 1.54) is 7.11 Å². The first-order chi connectivity index (χ1) is 20.0. The molecule has 9 nitrogen and oxygen atoms in total. The van der Waals surface area contributed by atoms with Crippen LogP contribution in [0.4, 0.5) is 17.1 Å². The zero-order valence-electron chi connectivity index (χ0n) is 22.9. The summed E-state index contributed by atoms with van der Waals surface area (Å²) in [4.78, 5) is 42.4. The largest absolute Gasteiger partial charge is 0.465 e. The number of Topliss-reactive ketones (excluding diaryl/α,β-unsaturated/α-hetero) is 1. The number of methoxy groups -OCH3 is 1. The fourth-order valence-electron chi connectivity index (χ4n) is 5.68. The van der Waals surface area contributed by atoms with Gasteiger partial charge >= 0.3 is 5.97 Å². The van der Waals surface area contributed by atoms with E-state index >= 15 is 0 Å². The number of carbonyl (C=O) groups excluding carboxylic acids is 3. The van der Waals surface area contributed by atoms with Gasteiger partial charge in [0, 0.05) is 36.6 Å². The third kappa shape index (κ3) is 5.59. The van der Waals surface area contributed by atoms with E-state index in [1.54, 1.807) is 18.2 Å². The summed E-state index contributed by atoms with van der Waals surface area (Å²) in [5.41, 5.74) is 6.75. The van der Waals surface area contributed by atoms with Gasteiger partial charge in [-0.2, -0.15) is 0 Å². The Hall–Kier alpha value is -4.47. The van der Waals surface area contributed by atoms with Crippen LogP contribution in [-0.2, 0) is 25.5 Å². The lowest BCUT2D eigenvalue weighted by Gasteiger charge is -2.27. The molecule has 41 heavy (non-hydrogen) atoms. The lowest BCUT2D eigenvalue weighted by atomic mass is 9.99. The molecular weight excluding hydrogens is 520 g/mol.